The third kappa shape index (κ3) is 4.67. The molecule has 1 aromatic carbocycles. The van der Waals surface area contributed by atoms with Crippen LogP contribution in [0.4, 0.5) is 4.79 Å². The number of pyridine rings is 1. The fraction of sp³-hybridized carbons (Fsp3) is 0.353. The van der Waals surface area contributed by atoms with Gasteiger partial charge in [0, 0.05) is 17.1 Å². The number of fused-ring (bicyclic) bond motifs is 1. The Labute approximate surface area is 135 Å². The molecule has 1 atom stereocenters. The zero-order chi connectivity index (χ0) is 17.0. The highest BCUT2D eigenvalue weighted by molar-refractivity contribution is 5.97. The largest absolute Gasteiger partial charge is 0.479 e. The number of aromatic nitrogens is 1. The monoisotopic (exact) mass is 315 g/mol. The molecule has 0 aliphatic carbocycles. The van der Waals surface area contributed by atoms with E-state index in [0.717, 1.165) is 5.39 Å². The molecule has 0 aliphatic heterocycles. The topological polar surface area (TPSA) is 80.3 Å². The summed E-state index contributed by atoms with van der Waals surface area (Å²) in [6.07, 6.45) is 0.838. The minimum atomic E-state index is -0.826. The van der Waals surface area contributed by atoms with Crippen molar-refractivity contribution < 1.29 is 14.3 Å². The number of amides is 3. The van der Waals surface area contributed by atoms with Gasteiger partial charge in [0.1, 0.15) is 11.3 Å². The highest BCUT2D eigenvalue weighted by atomic mass is 16.5. The minimum Gasteiger partial charge on any atom is -0.479 e. The summed E-state index contributed by atoms with van der Waals surface area (Å²) in [5, 5.41) is 5.85. The molecule has 2 aromatic rings. The Hall–Kier alpha value is -2.63. The number of nitrogens with zero attached hydrogens (tertiary/aromatic N) is 1. The SMILES string of the molecule is CC(Oc1cccc2cccnc12)C(=O)NC(=O)NC(C)(C)C. The molecular formula is C17H21N3O3. The van der Waals surface area contributed by atoms with Gasteiger partial charge >= 0.3 is 6.03 Å². The first kappa shape index (κ1) is 16.7. The van der Waals surface area contributed by atoms with E-state index in [4.69, 9.17) is 4.74 Å². The van der Waals surface area contributed by atoms with Gasteiger partial charge in [0.05, 0.1) is 0 Å². The molecule has 0 saturated heterocycles. The van der Waals surface area contributed by atoms with Gasteiger partial charge in [-0.25, -0.2) is 4.79 Å². The zero-order valence-corrected chi connectivity index (χ0v) is 13.7. The smallest absolute Gasteiger partial charge is 0.321 e. The standard InChI is InChI=1S/C17H21N3O3/c1-11(15(21)19-16(22)20-17(2,3)4)23-13-9-5-7-12-8-6-10-18-14(12)13/h5-11H,1-4H3,(H2,19,20,21,22). The van der Waals surface area contributed by atoms with Gasteiger partial charge in [0.25, 0.3) is 5.91 Å². The lowest BCUT2D eigenvalue weighted by Crippen LogP contribution is -2.50. The average Bonchev–Trinajstić information content (AvgIpc) is 2.45. The summed E-state index contributed by atoms with van der Waals surface area (Å²) in [6, 6.07) is 8.69. The molecule has 122 valence electrons. The van der Waals surface area contributed by atoms with Crippen molar-refractivity contribution in [3.63, 3.8) is 0 Å². The summed E-state index contributed by atoms with van der Waals surface area (Å²) in [5.41, 5.74) is 0.252. The molecule has 0 spiro atoms. The molecule has 1 heterocycles. The quantitative estimate of drug-likeness (QED) is 0.912. The number of rotatable bonds is 3. The van der Waals surface area contributed by atoms with Gasteiger partial charge in [0.2, 0.25) is 0 Å². The van der Waals surface area contributed by atoms with E-state index in [0.29, 0.717) is 11.3 Å². The van der Waals surface area contributed by atoms with Crippen LogP contribution in [0.2, 0.25) is 0 Å². The molecule has 0 saturated carbocycles. The second kappa shape index (κ2) is 6.64. The van der Waals surface area contributed by atoms with E-state index in [9.17, 15) is 9.59 Å². The summed E-state index contributed by atoms with van der Waals surface area (Å²) in [6.45, 7) is 7.08. The van der Waals surface area contributed by atoms with Crippen molar-refractivity contribution in [3.8, 4) is 5.75 Å². The number of nitrogens with one attached hydrogen (secondary N) is 2. The fourth-order valence-corrected chi connectivity index (χ4v) is 2.00. The van der Waals surface area contributed by atoms with E-state index in [1.807, 2.05) is 45.0 Å². The molecule has 2 rings (SSSR count). The first-order chi connectivity index (χ1) is 10.8. The number of hydrogen-bond donors (Lipinski definition) is 2. The Morgan fingerprint density at radius 3 is 2.57 bits per heavy atom. The Balaban J connectivity index is 2.04. The Morgan fingerprint density at radius 2 is 1.87 bits per heavy atom. The van der Waals surface area contributed by atoms with Gasteiger partial charge < -0.3 is 10.1 Å². The van der Waals surface area contributed by atoms with Crippen LogP contribution in [0.25, 0.3) is 10.9 Å². The highest BCUT2D eigenvalue weighted by Crippen LogP contribution is 2.23. The highest BCUT2D eigenvalue weighted by Gasteiger charge is 2.21. The van der Waals surface area contributed by atoms with Gasteiger partial charge in [-0.15, -0.1) is 0 Å². The van der Waals surface area contributed by atoms with E-state index >= 15 is 0 Å². The average molecular weight is 315 g/mol. The summed E-state index contributed by atoms with van der Waals surface area (Å²) in [5.74, 6) is -0.0123. The van der Waals surface area contributed by atoms with E-state index in [1.54, 1.807) is 19.2 Å². The van der Waals surface area contributed by atoms with Crippen molar-refractivity contribution in [2.45, 2.75) is 39.3 Å². The number of imide groups is 1. The lowest BCUT2D eigenvalue weighted by atomic mass is 10.1. The summed E-state index contributed by atoms with van der Waals surface area (Å²) < 4.78 is 5.67. The van der Waals surface area contributed by atoms with Gasteiger partial charge in [-0.05, 0) is 39.8 Å². The molecule has 0 fully saturated rings. The van der Waals surface area contributed by atoms with Crippen LogP contribution in [0, 0.1) is 0 Å². The van der Waals surface area contributed by atoms with Crippen LogP contribution >= 0.6 is 0 Å². The predicted octanol–water partition coefficient (Wildman–Crippen LogP) is 2.63. The normalized spacial score (nSPS) is 12.5. The zero-order valence-electron chi connectivity index (χ0n) is 13.7. The van der Waals surface area contributed by atoms with Crippen LogP contribution in [-0.2, 0) is 4.79 Å². The summed E-state index contributed by atoms with van der Waals surface area (Å²) in [4.78, 5) is 28.1. The van der Waals surface area contributed by atoms with Crippen LogP contribution in [0.3, 0.4) is 0 Å². The van der Waals surface area contributed by atoms with Crippen LogP contribution < -0.4 is 15.4 Å². The minimum absolute atomic E-state index is 0.423. The molecule has 0 bridgehead atoms. The van der Waals surface area contributed by atoms with E-state index in [-0.39, 0.29) is 0 Å². The van der Waals surface area contributed by atoms with Crippen molar-refractivity contribution >= 4 is 22.8 Å². The van der Waals surface area contributed by atoms with Crippen molar-refractivity contribution in [2.75, 3.05) is 0 Å². The number of para-hydroxylation sites is 1. The fourth-order valence-electron chi connectivity index (χ4n) is 2.00. The molecular weight excluding hydrogens is 294 g/mol. The van der Waals surface area contributed by atoms with Crippen molar-refractivity contribution in [1.29, 1.82) is 0 Å². The predicted molar refractivity (Wildman–Crippen MR) is 88.3 cm³/mol. The van der Waals surface area contributed by atoms with E-state index in [1.165, 1.54) is 0 Å². The number of benzene rings is 1. The number of hydrogen-bond acceptors (Lipinski definition) is 4. The van der Waals surface area contributed by atoms with Gasteiger partial charge in [-0.1, -0.05) is 18.2 Å². The summed E-state index contributed by atoms with van der Waals surface area (Å²) >= 11 is 0. The first-order valence-electron chi connectivity index (χ1n) is 7.40. The third-order valence-electron chi connectivity index (χ3n) is 2.99. The van der Waals surface area contributed by atoms with E-state index < -0.39 is 23.6 Å². The number of carbonyl (C=O) groups is 2. The molecule has 1 aromatic heterocycles. The Morgan fingerprint density at radius 1 is 1.17 bits per heavy atom. The van der Waals surface area contributed by atoms with Gasteiger partial charge in [-0.2, -0.15) is 0 Å². The molecule has 6 nitrogen and oxygen atoms in total. The Bertz CT molecular complexity index is 717. The number of ether oxygens (including phenoxy) is 1. The molecule has 0 radical (unpaired) electrons. The van der Waals surface area contributed by atoms with E-state index in [2.05, 4.69) is 15.6 Å². The van der Waals surface area contributed by atoms with Crippen molar-refractivity contribution in [3.05, 3.63) is 36.5 Å². The third-order valence-corrected chi connectivity index (χ3v) is 2.99. The Kier molecular flexibility index (Phi) is 4.83. The molecule has 23 heavy (non-hydrogen) atoms. The van der Waals surface area contributed by atoms with Crippen LogP contribution in [-0.4, -0.2) is 28.6 Å². The number of carbonyl (C=O) groups excluding carboxylic acids is 2. The number of urea groups is 1. The van der Waals surface area contributed by atoms with Crippen molar-refractivity contribution in [2.24, 2.45) is 0 Å². The summed E-state index contributed by atoms with van der Waals surface area (Å²) in [7, 11) is 0. The maximum Gasteiger partial charge on any atom is 0.321 e. The second-order valence-electron chi connectivity index (χ2n) is 6.28. The van der Waals surface area contributed by atoms with Crippen LogP contribution in [0.5, 0.6) is 5.75 Å². The first-order valence-corrected chi connectivity index (χ1v) is 7.40. The van der Waals surface area contributed by atoms with Crippen LogP contribution in [0.1, 0.15) is 27.7 Å². The van der Waals surface area contributed by atoms with Crippen LogP contribution in [0.15, 0.2) is 36.5 Å². The van der Waals surface area contributed by atoms with Crippen molar-refractivity contribution in [1.82, 2.24) is 15.6 Å². The maximum atomic E-state index is 12.1. The lowest BCUT2D eigenvalue weighted by molar-refractivity contribution is -0.126. The molecule has 1 unspecified atom stereocenters. The lowest BCUT2D eigenvalue weighted by Gasteiger charge is -2.21. The van der Waals surface area contributed by atoms with Gasteiger partial charge in [-0.3, -0.25) is 15.1 Å². The molecule has 3 amide bonds. The molecule has 2 N–H and O–H groups in total. The maximum absolute atomic E-state index is 12.1. The molecule has 0 aliphatic rings. The molecule has 6 heteroatoms. The van der Waals surface area contributed by atoms with Gasteiger partial charge in [0.15, 0.2) is 6.10 Å². The second-order valence-corrected chi connectivity index (χ2v) is 6.28.